The Morgan fingerprint density at radius 3 is 1.11 bits per heavy atom. The highest BCUT2D eigenvalue weighted by Crippen LogP contribution is 2.45. The summed E-state index contributed by atoms with van der Waals surface area (Å²) in [5.74, 6) is 0. The summed E-state index contributed by atoms with van der Waals surface area (Å²) in [5.41, 5.74) is 0. The normalized spacial score (nSPS) is 12.2. The third kappa shape index (κ3) is 1.35. The summed E-state index contributed by atoms with van der Waals surface area (Å²) in [4.78, 5) is 4.23. The van der Waals surface area contributed by atoms with Crippen molar-refractivity contribution in [3.05, 3.63) is 32.8 Å². The molecular formula is C15H12S3. The minimum Gasteiger partial charge on any atom is -0.140 e. The molecule has 0 fully saturated rings. The van der Waals surface area contributed by atoms with E-state index in [0.29, 0.717) is 0 Å². The monoisotopic (exact) mass is 288 g/mol. The molecule has 0 radical (unpaired) electrons. The van der Waals surface area contributed by atoms with Crippen LogP contribution in [0.25, 0.3) is 30.3 Å². The highest BCUT2D eigenvalue weighted by molar-refractivity contribution is 7.26. The average Bonchev–Trinajstić information content (AvgIpc) is 2.93. The van der Waals surface area contributed by atoms with E-state index in [9.17, 15) is 0 Å². The van der Waals surface area contributed by atoms with Gasteiger partial charge in [0.1, 0.15) is 0 Å². The Labute approximate surface area is 117 Å². The number of benzene rings is 1. The molecule has 0 amide bonds. The van der Waals surface area contributed by atoms with Crippen LogP contribution in [0.1, 0.15) is 14.6 Å². The van der Waals surface area contributed by atoms with Crippen molar-refractivity contribution in [3.8, 4) is 0 Å². The Morgan fingerprint density at radius 1 is 0.556 bits per heavy atom. The lowest BCUT2D eigenvalue weighted by Crippen LogP contribution is -1.67. The highest BCUT2D eigenvalue weighted by Gasteiger charge is 2.14. The number of hydrogen-bond donors (Lipinski definition) is 0. The summed E-state index contributed by atoms with van der Waals surface area (Å²) in [5, 5.41) is 4.36. The number of fused-ring (bicyclic) bond motifs is 6. The number of rotatable bonds is 0. The van der Waals surface area contributed by atoms with Crippen LogP contribution in [0.15, 0.2) is 18.2 Å². The van der Waals surface area contributed by atoms with E-state index < -0.39 is 0 Å². The Bertz CT molecular complexity index is 684. The largest absolute Gasteiger partial charge is 0.140 e. The van der Waals surface area contributed by atoms with Crippen molar-refractivity contribution in [1.29, 1.82) is 0 Å². The first-order valence-electron chi connectivity index (χ1n) is 5.96. The molecule has 0 saturated heterocycles. The summed E-state index contributed by atoms with van der Waals surface area (Å²) < 4.78 is 4.42. The maximum atomic E-state index is 2.35. The quantitative estimate of drug-likeness (QED) is 0.358. The van der Waals surface area contributed by atoms with Crippen molar-refractivity contribution < 1.29 is 0 Å². The number of aryl methyl sites for hydroxylation is 3. The van der Waals surface area contributed by atoms with E-state index in [0.717, 1.165) is 0 Å². The molecule has 90 valence electrons. The lowest BCUT2D eigenvalue weighted by molar-refractivity contribution is 1.66. The Morgan fingerprint density at radius 2 is 0.833 bits per heavy atom. The van der Waals surface area contributed by atoms with Gasteiger partial charge in [0.25, 0.3) is 0 Å². The van der Waals surface area contributed by atoms with E-state index in [1.807, 2.05) is 34.0 Å². The van der Waals surface area contributed by atoms with Gasteiger partial charge in [-0.2, -0.15) is 0 Å². The van der Waals surface area contributed by atoms with Crippen molar-refractivity contribution in [2.45, 2.75) is 20.8 Å². The second-order valence-corrected chi connectivity index (χ2v) is 8.57. The summed E-state index contributed by atoms with van der Waals surface area (Å²) in [7, 11) is 0. The second kappa shape index (κ2) is 3.56. The molecular weight excluding hydrogens is 276 g/mol. The van der Waals surface area contributed by atoms with Crippen molar-refractivity contribution in [2.75, 3.05) is 0 Å². The minimum atomic E-state index is 1.41. The van der Waals surface area contributed by atoms with E-state index in [1.54, 1.807) is 0 Å². The Kier molecular flexibility index (Phi) is 2.17. The lowest BCUT2D eigenvalue weighted by atomic mass is 10.1. The van der Waals surface area contributed by atoms with Gasteiger partial charge in [0.2, 0.25) is 0 Å². The minimum absolute atomic E-state index is 1.41. The maximum absolute atomic E-state index is 2.35. The van der Waals surface area contributed by atoms with Gasteiger partial charge in [0.15, 0.2) is 0 Å². The Hall–Kier alpha value is -0.900. The predicted molar refractivity (Wildman–Crippen MR) is 86.8 cm³/mol. The second-order valence-electron chi connectivity index (χ2n) is 4.80. The smallest absolute Gasteiger partial charge is 0.0447 e. The molecule has 0 aliphatic heterocycles. The summed E-state index contributed by atoms with van der Waals surface area (Å²) in [6, 6.07) is 7.06. The van der Waals surface area contributed by atoms with Crippen LogP contribution in [-0.4, -0.2) is 0 Å². The molecule has 0 aliphatic rings. The van der Waals surface area contributed by atoms with E-state index in [4.69, 9.17) is 0 Å². The van der Waals surface area contributed by atoms with Crippen LogP contribution in [0.3, 0.4) is 0 Å². The van der Waals surface area contributed by atoms with Crippen LogP contribution in [-0.2, 0) is 0 Å². The maximum Gasteiger partial charge on any atom is 0.0447 e. The lowest BCUT2D eigenvalue weighted by Gasteiger charge is -1.96. The van der Waals surface area contributed by atoms with Crippen molar-refractivity contribution >= 4 is 64.3 Å². The molecule has 0 spiro atoms. The van der Waals surface area contributed by atoms with Crippen LogP contribution >= 0.6 is 34.0 Å². The first-order chi connectivity index (χ1) is 8.63. The molecule has 1 aromatic carbocycles. The van der Waals surface area contributed by atoms with E-state index in [2.05, 4.69) is 39.0 Å². The standard InChI is InChI=1S/C15H12S3/c1-7-4-10-13(16-7)11-5-8(2)18-15(11)12-6-9(3)17-14(10)12/h4-6H,1-3H3. The van der Waals surface area contributed by atoms with Gasteiger partial charge in [-0.1, -0.05) is 0 Å². The third-order valence-corrected chi connectivity index (χ3v) is 6.55. The van der Waals surface area contributed by atoms with Gasteiger partial charge in [-0.3, -0.25) is 0 Å². The molecule has 3 aromatic heterocycles. The first kappa shape index (κ1) is 11.0. The van der Waals surface area contributed by atoms with Gasteiger partial charge < -0.3 is 0 Å². The molecule has 0 bridgehead atoms. The molecule has 0 saturated carbocycles. The zero-order chi connectivity index (χ0) is 12.4. The van der Waals surface area contributed by atoms with Gasteiger partial charge in [-0.05, 0) is 39.0 Å². The van der Waals surface area contributed by atoms with E-state index in [1.165, 1.54) is 44.9 Å². The van der Waals surface area contributed by atoms with Crippen LogP contribution in [0, 0.1) is 20.8 Å². The first-order valence-corrected chi connectivity index (χ1v) is 8.41. The van der Waals surface area contributed by atoms with Crippen LogP contribution in [0.2, 0.25) is 0 Å². The van der Waals surface area contributed by atoms with Gasteiger partial charge >= 0.3 is 0 Å². The van der Waals surface area contributed by atoms with Crippen LogP contribution < -0.4 is 0 Å². The summed E-state index contributed by atoms with van der Waals surface area (Å²) in [6.07, 6.45) is 0. The van der Waals surface area contributed by atoms with E-state index in [-0.39, 0.29) is 0 Å². The van der Waals surface area contributed by atoms with Gasteiger partial charge in [0, 0.05) is 44.9 Å². The van der Waals surface area contributed by atoms with Gasteiger partial charge in [-0.25, -0.2) is 0 Å². The number of hydrogen-bond acceptors (Lipinski definition) is 3. The molecule has 3 heterocycles. The molecule has 4 rings (SSSR count). The summed E-state index contributed by atoms with van der Waals surface area (Å²) in [6.45, 7) is 6.63. The Balaban J connectivity index is 2.43. The zero-order valence-electron chi connectivity index (χ0n) is 10.5. The SMILES string of the molecule is Cc1cc2c(s1)c1cc(C)sc1c1cc(C)sc21. The molecule has 0 aliphatic carbocycles. The predicted octanol–water partition coefficient (Wildman–Crippen LogP) is 6.26. The van der Waals surface area contributed by atoms with Gasteiger partial charge in [0.05, 0.1) is 0 Å². The molecule has 0 unspecified atom stereocenters. The molecule has 3 heteroatoms. The third-order valence-electron chi connectivity index (χ3n) is 3.30. The average molecular weight is 288 g/mol. The molecule has 0 atom stereocenters. The van der Waals surface area contributed by atoms with Crippen molar-refractivity contribution in [2.24, 2.45) is 0 Å². The fraction of sp³-hybridized carbons (Fsp3) is 0.200. The highest BCUT2D eigenvalue weighted by atomic mass is 32.1. The zero-order valence-corrected chi connectivity index (χ0v) is 12.9. The molecule has 4 aromatic rings. The fourth-order valence-electron chi connectivity index (χ4n) is 2.65. The van der Waals surface area contributed by atoms with Crippen molar-refractivity contribution in [1.82, 2.24) is 0 Å². The topological polar surface area (TPSA) is 0 Å². The van der Waals surface area contributed by atoms with Crippen LogP contribution in [0.5, 0.6) is 0 Å². The van der Waals surface area contributed by atoms with E-state index >= 15 is 0 Å². The fourth-order valence-corrected chi connectivity index (χ4v) is 5.96. The van der Waals surface area contributed by atoms with Crippen LogP contribution in [0.4, 0.5) is 0 Å². The molecule has 0 N–H and O–H groups in total. The van der Waals surface area contributed by atoms with Gasteiger partial charge in [-0.15, -0.1) is 34.0 Å². The van der Waals surface area contributed by atoms with Crippen molar-refractivity contribution in [3.63, 3.8) is 0 Å². The molecule has 0 nitrogen and oxygen atoms in total. The molecule has 18 heavy (non-hydrogen) atoms. The summed E-state index contributed by atoms with van der Waals surface area (Å²) >= 11 is 5.80. The number of thiophene rings is 3.